The Labute approximate surface area is 130 Å². The molecule has 1 saturated heterocycles. The van der Waals surface area contributed by atoms with Gasteiger partial charge in [-0.05, 0) is 19.4 Å². The highest BCUT2D eigenvalue weighted by molar-refractivity contribution is 5.95. The van der Waals surface area contributed by atoms with Crippen LogP contribution in [0.1, 0.15) is 34.6 Å². The summed E-state index contributed by atoms with van der Waals surface area (Å²) in [6.07, 6.45) is 1.70. The van der Waals surface area contributed by atoms with Gasteiger partial charge in [0.15, 0.2) is 0 Å². The number of carbonyl (C=O) groups excluding carboxylic acids is 1. The minimum Gasteiger partial charge on any atom is -0.335 e. The van der Waals surface area contributed by atoms with Crippen molar-refractivity contribution in [2.45, 2.75) is 26.4 Å². The van der Waals surface area contributed by atoms with Crippen molar-refractivity contribution in [3.8, 4) is 0 Å². The molecule has 0 spiro atoms. The van der Waals surface area contributed by atoms with Crippen LogP contribution in [0.25, 0.3) is 0 Å². The fourth-order valence-electron chi connectivity index (χ4n) is 2.99. The molecule has 0 bridgehead atoms. The van der Waals surface area contributed by atoms with Gasteiger partial charge in [0.2, 0.25) is 0 Å². The van der Waals surface area contributed by atoms with E-state index in [-0.39, 0.29) is 11.9 Å². The highest BCUT2D eigenvalue weighted by Gasteiger charge is 2.26. The molecule has 1 aliphatic rings. The number of hydrogen-bond acceptors (Lipinski definition) is 3. The molecule has 5 heteroatoms. The van der Waals surface area contributed by atoms with Crippen LogP contribution in [0.5, 0.6) is 0 Å². The van der Waals surface area contributed by atoms with E-state index >= 15 is 0 Å². The third kappa shape index (κ3) is 2.76. The summed E-state index contributed by atoms with van der Waals surface area (Å²) in [4.78, 5) is 14.7. The van der Waals surface area contributed by atoms with Crippen LogP contribution >= 0.6 is 0 Å². The van der Waals surface area contributed by atoms with Gasteiger partial charge in [-0.1, -0.05) is 30.3 Å². The monoisotopic (exact) mass is 298 g/mol. The van der Waals surface area contributed by atoms with E-state index in [2.05, 4.69) is 22.5 Å². The Morgan fingerprint density at radius 3 is 2.82 bits per heavy atom. The van der Waals surface area contributed by atoms with Crippen molar-refractivity contribution in [2.24, 2.45) is 0 Å². The predicted octanol–water partition coefficient (Wildman–Crippen LogP) is 2.00. The Balaban J connectivity index is 1.77. The minimum absolute atomic E-state index is 0.0830. The second-order valence-electron chi connectivity index (χ2n) is 5.63. The molecular formula is C17H22N4O. The van der Waals surface area contributed by atoms with Crippen molar-refractivity contribution in [1.82, 2.24) is 20.0 Å². The summed E-state index contributed by atoms with van der Waals surface area (Å²) in [5.41, 5.74) is 2.89. The Hall–Kier alpha value is -2.14. The highest BCUT2D eigenvalue weighted by Crippen LogP contribution is 2.19. The van der Waals surface area contributed by atoms with Gasteiger partial charge in [0.05, 0.1) is 11.8 Å². The maximum Gasteiger partial charge on any atom is 0.257 e. The van der Waals surface area contributed by atoms with Crippen LogP contribution in [0.15, 0.2) is 36.5 Å². The molecule has 0 aliphatic carbocycles. The van der Waals surface area contributed by atoms with Crippen LogP contribution in [0.2, 0.25) is 0 Å². The summed E-state index contributed by atoms with van der Waals surface area (Å²) in [5, 5.41) is 7.77. The van der Waals surface area contributed by atoms with Crippen molar-refractivity contribution < 1.29 is 4.79 Å². The van der Waals surface area contributed by atoms with Gasteiger partial charge < -0.3 is 10.2 Å². The minimum atomic E-state index is 0.0830. The molecule has 2 aromatic rings. The number of piperazine rings is 1. The van der Waals surface area contributed by atoms with Crippen molar-refractivity contribution >= 4 is 5.91 Å². The van der Waals surface area contributed by atoms with E-state index in [9.17, 15) is 4.79 Å². The first-order chi connectivity index (χ1) is 10.7. The lowest BCUT2D eigenvalue weighted by Gasteiger charge is -2.34. The van der Waals surface area contributed by atoms with E-state index in [0.29, 0.717) is 6.54 Å². The van der Waals surface area contributed by atoms with Gasteiger partial charge in [0.1, 0.15) is 0 Å². The van der Waals surface area contributed by atoms with Crippen LogP contribution in [-0.4, -0.2) is 40.2 Å². The molecule has 116 valence electrons. The van der Waals surface area contributed by atoms with Crippen LogP contribution < -0.4 is 5.32 Å². The first kappa shape index (κ1) is 14.8. The molecule has 0 saturated carbocycles. The number of carbonyl (C=O) groups is 1. The Morgan fingerprint density at radius 2 is 2.14 bits per heavy atom. The molecule has 22 heavy (non-hydrogen) atoms. The summed E-state index contributed by atoms with van der Waals surface area (Å²) in [7, 11) is 0. The number of nitrogens with one attached hydrogen (secondary N) is 1. The summed E-state index contributed by atoms with van der Waals surface area (Å²) in [5.74, 6) is 0.0830. The number of rotatable bonds is 3. The molecule has 3 rings (SSSR count). The van der Waals surface area contributed by atoms with Gasteiger partial charge in [-0.15, -0.1) is 0 Å². The van der Waals surface area contributed by atoms with E-state index < -0.39 is 0 Å². The summed E-state index contributed by atoms with van der Waals surface area (Å²) in [6, 6.07) is 10.5. The molecular weight excluding hydrogens is 276 g/mol. The zero-order valence-electron chi connectivity index (χ0n) is 13.1. The summed E-state index contributed by atoms with van der Waals surface area (Å²) in [6.45, 7) is 7.02. The third-order valence-electron chi connectivity index (χ3n) is 4.30. The molecule has 0 radical (unpaired) electrons. The standard InChI is InChI=1S/C17H22N4O/c1-3-21-13(2)15(11-19-21)17(22)20-10-9-18-16(12-20)14-7-5-4-6-8-14/h4-8,11,16,18H,3,9-10,12H2,1-2H3. The SMILES string of the molecule is CCn1ncc(C(=O)N2CCNC(c3ccccc3)C2)c1C. The van der Waals surface area contributed by atoms with E-state index in [1.165, 1.54) is 5.56 Å². The zero-order valence-corrected chi connectivity index (χ0v) is 13.1. The van der Waals surface area contributed by atoms with Gasteiger partial charge in [-0.25, -0.2) is 0 Å². The van der Waals surface area contributed by atoms with Crippen molar-refractivity contribution in [1.29, 1.82) is 0 Å². The first-order valence-corrected chi connectivity index (χ1v) is 7.80. The molecule has 5 nitrogen and oxygen atoms in total. The van der Waals surface area contributed by atoms with E-state index in [1.54, 1.807) is 6.20 Å². The molecule has 1 unspecified atom stereocenters. The lowest BCUT2D eigenvalue weighted by molar-refractivity contribution is 0.0702. The smallest absolute Gasteiger partial charge is 0.257 e. The van der Waals surface area contributed by atoms with Crippen LogP contribution in [0.3, 0.4) is 0 Å². The van der Waals surface area contributed by atoms with E-state index in [0.717, 1.165) is 30.9 Å². The summed E-state index contributed by atoms with van der Waals surface area (Å²) < 4.78 is 1.87. The lowest BCUT2D eigenvalue weighted by Crippen LogP contribution is -2.48. The van der Waals surface area contributed by atoms with Crippen LogP contribution in [0, 0.1) is 6.92 Å². The quantitative estimate of drug-likeness (QED) is 0.943. The van der Waals surface area contributed by atoms with E-state index in [1.807, 2.05) is 41.6 Å². The normalized spacial score (nSPS) is 18.5. The topological polar surface area (TPSA) is 50.2 Å². The maximum absolute atomic E-state index is 12.8. The number of amides is 1. The average molecular weight is 298 g/mol. The molecule has 2 heterocycles. The molecule has 1 aromatic heterocycles. The average Bonchev–Trinajstić information content (AvgIpc) is 2.96. The number of aromatic nitrogens is 2. The predicted molar refractivity (Wildman–Crippen MR) is 85.7 cm³/mol. The van der Waals surface area contributed by atoms with Gasteiger partial charge >= 0.3 is 0 Å². The van der Waals surface area contributed by atoms with Gasteiger partial charge in [-0.2, -0.15) is 5.10 Å². The molecule has 1 amide bonds. The van der Waals surface area contributed by atoms with Crippen molar-refractivity contribution in [3.63, 3.8) is 0 Å². The molecule has 1 N–H and O–H groups in total. The lowest BCUT2D eigenvalue weighted by atomic mass is 10.0. The van der Waals surface area contributed by atoms with Gasteiger partial charge in [-0.3, -0.25) is 9.48 Å². The third-order valence-corrected chi connectivity index (χ3v) is 4.30. The van der Waals surface area contributed by atoms with Gasteiger partial charge in [0.25, 0.3) is 5.91 Å². The fraction of sp³-hybridized carbons (Fsp3) is 0.412. The molecule has 1 aliphatic heterocycles. The largest absolute Gasteiger partial charge is 0.335 e. The van der Waals surface area contributed by atoms with Crippen molar-refractivity contribution in [2.75, 3.05) is 19.6 Å². The second-order valence-corrected chi connectivity index (χ2v) is 5.63. The number of aryl methyl sites for hydroxylation is 1. The highest BCUT2D eigenvalue weighted by atomic mass is 16.2. The molecule has 1 aromatic carbocycles. The van der Waals surface area contributed by atoms with E-state index in [4.69, 9.17) is 0 Å². The van der Waals surface area contributed by atoms with Gasteiger partial charge in [0, 0.05) is 37.9 Å². The van der Waals surface area contributed by atoms with Crippen LogP contribution in [0.4, 0.5) is 0 Å². The van der Waals surface area contributed by atoms with Crippen LogP contribution in [-0.2, 0) is 6.54 Å². The summed E-state index contributed by atoms with van der Waals surface area (Å²) >= 11 is 0. The Bertz CT molecular complexity index is 650. The fourth-order valence-corrected chi connectivity index (χ4v) is 2.99. The number of benzene rings is 1. The molecule has 1 fully saturated rings. The Kier molecular flexibility index (Phi) is 4.24. The first-order valence-electron chi connectivity index (χ1n) is 7.80. The zero-order chi connectivity index (χ0) is 15.5. The van der Waals surface area contributed by atoms with Crippen molar-refractivity contribution in [3.05, 3.63) is 53.3 Å². The number of nitrogens with zero attached hydrogens (tertiary/aromatic N) is 3. The molecule has 1 atom stereocenters. The maximum atomic E-state index is 12.8. The Morgan fingerprint density at radius 1 is 1.36 bits per heavy atom. The number of hydrogen-bond donors (Lipinski definition) is 1. The second kappa shape index (κ2) is 6.32.